The second kappa shape index (κ2) is 4.27. The lowest BCUT2D eigenvalue weighted by Crippen LogP contribution is -2.47. The summed E-state index contributed by atoms with van der Waals surface area (Å²) in [5.41, 5.74) is 5.57. The topological polar surface area (TPSA) is 71.2 Å². The van der Waals surface area contributed by atoms with E-state index in [1.807, 2.05) is 0 Å². The predicted octanol–water partition coefficient (Wildman–Crippen LogP) is 0.392. The maximum Gasteiger partial charge on any atom is 0.231 e. The summed E-state index contributed by atoms with van der Waals surface area (Å²) in [4.78, 5) is 16.6. The minimum Gasteiger partial charge on any atom is -0.368 e. The molecule has 2 aliphatic rings. The van der Waals surface area contributed by atoms with E-state index in [0.29, 0.717) is 5.95 Å². The summed E-state index contributed by atoms with van der Waals surface area (Å²) < 4.78 is 0. The Balaban J connectivity index is 1.68. The maximum atomic E-state index is 5.78. The Morgan fingerprint density at radius 1 is 1.06 bits per heavy atom. The average Bonchev–Trinajstić information content (AvgIpc) is 3.12. The molecule has 1 aromatic rings. The first kappa shape index (κ1) is 11.0. The molecule has 17 heavy (non-hydrogen) atoms. The normalized spacial score (nSPS) is 21.8. The van der Waals surface area contributed by atoms with E-state index < -0.39 is 0 Å². The fraction of sp³-hybridized carbons (Fsp3) is 0.700. The van der Waals surface area contributed by atoms with Gasteiger partial charge in [-0.1, -0.05) is 0 Å². The van der Waals surface area contributed by atoms with Crippen LogP contribution >= 0.6 is 11.6 Å². The van der Waals surface area contributed by atoms with E-state index in [9.17, 15) is 0 Å². The molecule has 2 heterocycles. The zero-order chi connectivity index (χ0) is 11.8. The molecule has 1 aromatic heterocycles. The Morgan fingerprint density at radius 3 is 2.35 bits per heavy atom. The van der Waals surface area contributed by atoms with Crippen LogP contribution in [-0.2, 0) is 0 Å². The highest BCUT2D eigenvalue weighted by molar-refractivity contribution is 6.28. The van der Waals surface area contributed by atoms with Crippen LogP contribution in [0.15, 0.2) is 0 Å². The van der Waals surface area contributed by atoms with E-state index in [1.54, 1.807) is 0 Å². The van der Waals surface area contributed by atoms with E-state index in [-0.39, 0.29) is 11.2 Å². The minimum atomic E-state index is 0.164. The number of anilines is 2. The number of nitrogens with two attached hydrogens (primary N) is 1. The zero-order valence-electron chi connectivity index (χ0n) is 9.51. The largest absolute Gasteiger partial charge is 0.368 e. The maximum absolute atomic E-state index is 5.78. The van der Waals surface area contributed by atoms with E-state index in [4.69, 9.17) is 17.3 Å². The van der Waals surface area contributed by atoms with Gasteiger partial charge in [-0.2, -0.15) is 15.0 Å². The number of rotatable bonds is 2. The molecule has 0 unspecified atom stereocenters. The first-order chi connectivity index (χ1) is 8.22. The highest BCUT2D eigenvalue weighted by Gasteiger charge is 2.31. The van der Waals surface area contributed by atoms with Gasteiger partial charge in [0.05, 0.1) is 0 Å². The van der Waals surface area contributed by atoms with Crippen LogP contribution in [0.1, 0.15) is 12.8 Å². The van der Waals surface area contributed by atoms with Crippen molar-refractivity contribution in [3.05, 3.63) is 5.28 Å². The molecule has 7 heteroatoms. The third kappa shape index (κ3) is 2.42. The van der Waals surface area contributed by atoms with Gasteiger partial charge in [-0.25, -0.2) is 0 Å². The first-order valence-corrected chi connectivity index (χ1v) is 6.26. The molecular formula is C10H15ClN6. The molecular weight excluding hydrogens is 240 g/mol. The summed E-state index contributed by atoms with van der Waals surface area (Å²) in [6.45, 7) is 3.98. The lowest BCUT2D eigenvalue weighted by Gasteiger charge is -2.34. The Hall–Kier alpha value is -1.14. The molecule has 2 fully saturated rings. The molecule has 92 valence electrons. The summed E-state index contributed by atoms with van der Waals surface area (Å²) in [7, 11) is 0. The van der Waals surface area contributed by atoms with Crippen LogP contribution in [0.4, 0.5) is 11.9 Å². The average molecular weight is 255 g/mol. The summed E-state index contributed by atoms with van der Waals surface area (Å²) >= 11 is 5.78. The molecule has 1 saturated heterocycles. The Kier molecular flexibility index (Phi) is 2.76. The van der Waals surface area contributed by atoms with Crippen molar-refractivity contribution in [2.75, 3.05) is 36.8 Å². The smallest absolute Gasteiger partial charge is 0.231 e. The van der Waals surface area contributed by atoms with Crippen molar-refractivity contribution >= 4 is 23.5 Å². The summed E-state index contributed by atoms with van der Waals surface area (Å²) in [5.74, 6) is 0.780. The van der Waals surface area contributed by atoms with Crippen LogP contribution in [-0.4, -0.2) is 52.1 Å². The quantitative estimate of drug-likeness (QED) is 0.823. The van der Waals surface area contributed by atoms with E-state index in [0.717, 1.165) is 32.2 Å². The van der Waals surface area contributed by atoms with Crippen molar-refractivity contribution in [1.29, 1.82) is 0 Å². The van der Waals surface area contributed by atoms with E-state index >= 15 is 0 Å². The Bertz CT molecular complexity index is 393. The molecule has 0 bridgehead atoms. The monoisotopic (exact) mass is 254 g/mol. The van der Waals surface area contributed by atoms with Crippen molar-refractivity contribution in [1.82, 2.24) is 19.9 Å². The predicted molar refractivity (Wildman–Crippen MR) is 66.1 cm³/mol. The zero-order valence-corrected chi connectivity index (χ0v) is 10.3. The standard InChI is InChI=1S/C10H15ClN6/c11-8-13-9(12)15-10(14-8)17-5-3-16(4-6-17)7-1-2-7/h7H,1-6H2,(H2,12,13,14,15). The number of halogens is 1. The molecule has 0 radical (unpaired) electrons. The summed E-state index contributed by atoms with van der Waals surface area (Å²) in [6, 6.07) is 0.823. The summed E-state index contributed by atoms with van der Waals surface area (Å²) in [5, 5.41) is 0.164. The van der Waals surface area contributed by atoms with Crippen LogP contribution in [0.5, 0.6) is 0 Å². The van der Waals surface area contributed by atoms with E-state index in [1.165, 1.54) is 12.8 Å². The molecule has 1 aliphatic carbocycles. The lowest BCUT2D eigenvalue weighted by atomic mass is 10.3. The highest BCUT2D eigenvalue weighted by atomic mass is 35.5. The van der Waals surface area contributed by atoms with Gasteiger partial charge in [-0.3, -0.25) is 4.90 Å². The van der Waals surface area contributed by atoms with Crippen LogP contribution in [0.25, 0.3) is 0 Å². The second-order valence-electron chi connectivity index (χ2n) is 4.52. The molecule has 0 aromatic carbocycles. The van der Waals surface area contributed by atoms with Crippen molar-refractivity contribution < 1.29 is 0 Å². The lowest BCUT2D eigenvalue weighted by molar-refractivity contribution is 0.247. The SMILES string of the molecule is Nc1nc(Cl)nc(N2CCN(C3CC3)CC2)n1. The number of aromatic nitrogens is 3. The third-order valence-corrected chi connectivity index (χ3v) is 3.44. The molecule has 1 saturated carbocycles. The number of piperazine rings is 1. The second-order valence-corrected chi connectivity index (χ2v) is 4.85. The number of nitrogen functional groups attached to an aromatic ring is 1. The van der Waals surface area contributed by atoms with Crippen LogP contribution in [0, 0.1) is 0 Å². The number of hydrogen-bond donors (Lipinski definition) is 1. The highest BCUT2D eigenvalue weighted by Crippen LogP contribution is 2.28. The molecule has 0 atom stereocenters. The Labute approximate surface area is 105 Å². The number of nitrogens with zero attached hydrogens (tertiary/aromatic N) is 5. The molecule has 2 N–H and O–H groups in total. The van der Waals surface area contributed by atoms with Gasteiger partial charge in [0.25, 0.3) is 0 Å². The van der Waals surface area contributed by atoms with Crippen molar-refractivity contribution in [3.63, 3.8) is 0 Å². The van der Waals surface area contributed by atoms with Gasteiger partial charge >= 0.3 is 0 Å². The van der Waals surface area contributed by atoms with Gasteiger partial charge < -0.3 is 10.6 Å². The van der Waals surface area contributed by atoms with Gasteiger partial charge in [0, 0.05) is 32.2 Å². The minimum absolute atomic E-state index is 0.164. The van der Waals surface area contributed by atoms with Crippen LogP contribution in [0.3, 0.4) is 0 Å². The van der Waals surface area contributed by atoms with Gasteiger partial charge in [0.2, 0.25) is 17.2 Å². The van der Waals surface area contributed by atoms with Gasteiger partial charge in [-0.15, -0.1) is 0 Å². The molecule has 1 aliphatic heterocycles. The van der Waals surface area contributed by atoms with Crippen molar-refractivity contribution in [2.24, 2.45) is 0 Å². The van der Waals surface area contributed by atoms with Crippen LogP contribution < -0.4 is 10.6 Å². The Morgan fingerprint density at radius 2 is 1.76 bits per heavy atom. The molecule has 3 rings (SSSR count). The van der Waals surface area contributed by atoms with Gasteiger partial charge in [0.15, 0.2) is 0 Å². The molecule has 6 nitrogen and oxygen atoms in total. The molecule has 0 spiro atoms. The fourth-order valence-electron chi connectivity index (χ4n) is 2.22. The van der Waals surface area contributed by atoms with Crippen molar-refractivity contribution in [3.8, 4) is 0 Å². The van der Waals surface area contributed by atoms with Gasteiger partial charge in [0.1, 0.15) is 0 Å². The van der Waals surface area contributed by atoms with Crippen molar-refractivity contribution in [2.45, 2.75) is 18.9 Å². The van der Waals surface area contributed by atoms with Crippen LogP contribution in [0.2, 0.25) is 5.28 Å². The molecule has 0 amide bonds. The summed E-state index contributed by atoms with van der Waals surface area (Å²) in [6.07, 6.45) is 2.70. The van der Waals surface area contributed by atoms with Gasteiger partial charge in [-0.05, 0) is 24.4 Å². The van der Waals surface area contributed by atoms with E-state index in [2.05, 4.69) is 24.8 Å². The number of hydrogen-bond acceptors (Lipinski definition) is 6. The fourth-order valence-corrected chi connectivity index (χ4v) is 2.38. The third-order valence-electron chi connectivity index (χ3n) is 3.27. The first-order valence-electron chi connectivity index (χ1n) is 5.88.